The van der Waals surface area contributed by atoms with Crippen molar-refractivity contribution >= 4 is 0 Å². The summed E-state index contributed by atoms with van der Waals surface area (Å²) in [5, 5.41) is 9.54. The Labute approximate surface area is 112 Å². The normalized spacial score (nSPS) is 33.5. The average Bonchev–Trinajstić information content (AvgIpc) is 2.41. The van der Waals surface area contributed by atoms with Gasteiger partial charge in [0.1, 0.15) is 0 Å². The molecule has 1 N–H and O–H groups in total. The molecule has 2 rings (SSSR count). The number of aliphatic hydroxyl groups excluding tert-OH is 1. The quantitative estimate of drug-likeness (QED) is 0.831. The first kappa shape index (κ1) is 14.3. The van der Waals surface area contributed by atoms with Crippen LogP contribution in [0.2, 0.25) is 0 Å². The third-order valence-corrected chi connectivity index (χ3v) is 4.95. The minimum Gasteiger partial charge on any atom is -0.393 e. The van der Waals surface area contributed by atoms with Gasteiger partial charge in [0, 0.05) is 38.8 Å². The zero-order valence-corrected chi connectivity index (χ0v) is 12.1. The molecule has 3 heteroatoms. The van der Waals surface area contributed by atoms with Crippen LogP contribution in [-0.4, -0.2) is 59.8 Å². The number of nitrogens with zero attached hydrogens (tertiary/aromatic N) is 2. The highest BCUT2D eigenvalue weighted by atomic mass is 16.3. The van der Waals surface area contributed by atoms with Gasteiger partial charge in [-0.3, -0.25) is 4.90 Å². The van der Waals surface area contributed by atoms with E-state index < -0.39 is 0 Å². The maximum Gasteiger partial charge on any atom is 0.0540 e. The van der Waals surface area contributed by atoms with E-state index in [0.29, 0.717) is 0 Å². The van der Waals surface area contributed by atoms with Crippen molar-refractivity contribution in [2.45, 2.75) is 58.1 Å². The topological polar surface area (TPSA) is 26.7 Å². The van der Waals surface area contributed by atoms with Crippen LogP contribution in [0.5, 0.6) is 0 Å². The highest BCUT2D eigenvalue weighted by Gasteiger charge is 2.24. The zero-order chi connectivity index (χ0) is 13.0. The van der Waals surface area contributed by atoms with Crippen LogP contribution >= 0.6 is 0 Å². The number of aliphatic hydroxyl groups is 1. The molecule has 0 aromatic carbocycles. The predicted octanol–water partition coefficient (Wildman–Crippen LogP) is 1.95. The van der Waals surface area contributed by atoms with Crippen LogP contribution in [0.15, 0.2) is 0 Å². The summed E-state index contributed by atoms with van der Waals surface area (Å²) in [6, 6.07) is 0.747. The lowest BCUT2D eigenvalue weighted by atomic mass is 9.87. The summed E-state index contributed by atoms with van der Waals surface area (Å²) in [6.07, 6.45) is 5.76. The first-order valence-electron chi connectivity index (χ1n) is 7.83. The minimum absolute atomic E-state index is 0.0106. The van der Waals surface area contributed by atoms with Crippen LogP contribution in [0.25, 0.3) is 0 Å². The van der Waals surface area contributed by atoms with E-state index in [9.17, 15) is 5.11 Å². The Bertz CT molecular complexity index is 231. The number of hydrogen-bond acceptors (Lipinski definition) is 3. The average molecular weight is 254 g/mol. The highest BCUT2D eigenvalue weighted by molar-refractivity contribution is 4.79. The lowest BCUT2D eigenvalue weighted by molar-refractivity contribution is 0.0646. The fourth-order valence-electron chi connectivity index (χ4n) is 3.34. The molecule has 0 aromatic rings. The van der Waals surface area contributed by atoms with Gasteiger partial charge in [-0.25, -0.2) is 0 Å². The molecule has 18 heavy (non-hydrogen) atoms. The highest BCUT2D eigenvalue weighted by Crippen LogP contribution is 2.25. The molecular weight excluding hydrogens is 224 g/mol. The molecule has 1 saturated heterocycles. The number of rotatable bonds is 4. The Kier molecular flexibility index (Phi) is 5.46. The smallest absolute Gasteiger partial charge is 0.0540 e. The van der Waals surface area contributed by atoms with Gasteiger partial charge in [-0.1, -0.05) is 6.92 Å². The van der Waals surface area contributed by atoms with Crippen molar-refractivity contribution in [2.24, 2.45) is 5.92 Å². The van der Waals surface area contributed by atoms with Crippen molar-refractivity contribution < 1.29 is 5.11 Å². The second-order valence-electron chi connectivity index (χ2n) is 6.27. The monoisotopic (exact) mass is 254 g/mol. The standard InChI is InChI=1S/C15H30N2O/c1-3-13(2)17-10-8-16(9-11-17)12-14-4-6-15(18)7-5-14/h13-15,18H,3-12H2,1-2H3. The Morgan fingerprint density at radius 2 is 1.67 bits per heavy atom. The third kappa shape index (κ3) is 3.94. The molecule has 1 atom stereocenters. The Morgan fingerprint density at radius 3 is 2.22 bits per heavy atom. The van der Waals surface area contributed by atoms with Gasteiger partial charge < -0.3 is 10.0 Å². The fourth-order valence-corrected chi connectivity index (χ4v) is 3.34. The minimum atomic E-state index is -0.0106. The molecule has 1 unspecified atom stereocenters. The lowest BCUT2D eigenvalue weighted by Gasteiger charge is -2.39. The SMILES string of the molecule is CCC(C)N1CCN(CC2CCC(O)CC2)CC1. The van der Waals surface area contributed by atoms with Crippen molar-refractivity contribution in [1.29, 1.82) is 0 Å². The molecule has 0 amide bonds. The molecule has 0 spiro atoms. The number of hydrogen-bond donors (Lipinski definition) is 1. The molecule has 0 bridgehead atoms. The van der Waals surface area contributed by atoms with E-state index in [4.69, 9.17) is 0 Å². The maximum atomic E-state index is 9.54. The summed E-state index contributed by atoms with van der Waals surface area (Å²) in [5.41, 5.74) is 0. The first-order valence-corrected chi connectivity index (χ1v) is 7.83. The fraction of sp³-hybridized carbons (Fsp3) is 1.00. The van der Waals surface area contributed by atoms with Crippen LogP contribution < -0.4 is 0 Å². The van der Waals surface area contributed by atoms with Gasteiger partial charge >= 0.3 is 0 Å². The molecule has 2 fully saturated rings. The van der Waals surface area contributed by atoms with Crippen molar-refractivity contribution in [3.63, 3.8) is 0 Å². The predicted molar refractivity (Wildman–Crippen MR) is 75.7 cm³/mol. The lowest BCUT2D eigenvalue weighted by Crippen LogP contribution is -2.50. The Hall–Kier alpha value is -0.120. The molecule has 0 aromatic heterocycles. The van der Waals surface area contributed by atoms with Crippen molar-refractivity contribution in [3.05, 3.63) is 0 Å². The molecule has 0 radical (unpaired) electrons. The largest absolute Gasteiger partial charge is 0.393 e. The summed E-state index contributed by atoms with van der Waals surface area (Å²) in [7, 11) is 0. The summed E-state index contributed by atoms with van der Waals surface area (Å²) in [4.78, 5) is 5.27. The molecule has 106 valence electrons. The summed E-state index contributed by atoms with van der Waals surface area (Å²) in [5.74, 6) is 0.837. The van der Waals surface area contributed by atoms with E-state index in [2.05, 4.69) is 23.6 Å². The Balaban J connectivity index is 1.67. The zero-order valence-electron chi connectivity index (χ0n) is 12.1. The Morgan fingerprint density at radius 1 is 1.06 bits per heavy atom. The van der Waals surface area contributed by atoms with Gasteiger partial charge in [-0.2, -0.15) is 0 Å². The van der Waals surface area contributed by atoms with E-state index in [1.807, 2.05) is 0 Å². The summed E-state index contributed by atoms with van der Waals surface area (Å²) >= 11 is 0. The van der Waals surface area contributed by atoms with Crippen LogP contribution in [0.1, 0.15) is 46.0 Å². The van der Waals surface area contributed by atoms with Crippen LogP contribution in [0, 0.1) is 5.92 Å². The molecule has 3 nitrogen and oxygen atoms in total. The second kappa shape index (κ2) is 6.88. The van der Waals surface area contributed by atoms with Crippen molar-refractivity contribution in [2.75, 3.05) is 32.7 Å². The number of piperazine rings is 1. The second-order valence-corrected chi connectivity index (χ2v) is 6.27. The summed E-state index contributed by atoms with van der Waals surface area (Å²) in [6.45, 7) is 10.9. The van der Waals surface area contributed by atoms with Gasteiger partial charge in [0.05, 0.1) is 6.10 Å². The third-order valence-electron chi connectivity index (χ3n) is 4.95. The van der Waals surface area contributed by atoms with Crippen LogP contribution in [0.4, 0.5) is 0 Å². The van der Waals surface area contributed by atoms with Gasteiger partial charge in [0.2, 0.25) is 0 Å². The maximum absolute atomic E-state index is 9.54. The van der Waals surface area contributed by atoms with Gasteiger partial charge in [0.15, 0.2) is 0 Å². The van der Waals surface area contributed by atoms with Gasteiger partial charge in [-0.15, -0.1) is 0 Å². The first-order chi connectivity index (χ1) is 8.69. The molecule has 2 aliphatic rings. The van der Waals surface area contributed by atoms with E-state index >= 15 is 0 Å². The molecule has 1 aliphatic heterocycles. The molecular formula is C15H30N2O. The van der Waals surface area contributed by atoms with E-state index in [1.54, 1.807) is 0 Å². The molecule has 1 heterocycles. The summed E-state index contributed by atoms with van der Waals surface area (Å²) < 4.78 is 0. The van der Waals surface area contributed by atoms with Crippen LogP contribution in [-0.2, 0) is 0 Å². The van der Waals surface area contributed by atoms with E-state index in [0.717, 1.165) is 24.8 Å². The molecule has 1 saturated carbocycles. The van der Waals surface area contributed by atoms with Crippen LogP contribution in [0.3, 0.4) is 0 Å². The van der Waals surface area contributed by atoms with E-state index in [-0.39, 0.29) is 6.10 Å². The molecule has 1 aliphatic carbocycles. The van der Waals surface area contributed by atoms with Crippen molar-refractivity contribution in [3.8, 4) is 0 Å². The van der Waals surface area contributed by atoms with Gasteiger partial charge in [0.25, 0.3) is 0 Å². The van der Waals surface area contributed by atoms with Gasteiger partial charge in [-0.05, 0) is 44.9 Å². The van der Waals surface area contributed by atoms with E-state index in [1.165, 1.54) is 52.0 Å². The van der Waals surface area contributed by atoms with Crippen molar-refractivity contribution in [1.82, 2.24) is 9.80 Å².